The summed E-state index contributed by atoms with van der Waals surface area (Å²) in [6, 6.07) is 6.28. The van der Waals surface area contributed by atoms with Crippen molar-refractivity contribution in [3.8, 4) is 16.9 Å². The summed E-state index contributed by atoms with van der Waals surface area (Å²) in [6.45, 7) is 7.89. The van der Waals surface area contributed by atoms with E-state index in [1.54, 1.807) is 12.1 Å². The molecule has 5 N–H and O–H groups in total. The Labute approximate surface area is 179 Å². The average Bonchev–Trinajstić information content (AvgIpc) is 2.66. The van der Waals surface area contributed by atoms with Gasteiger partial charge in [0.05, 0.1) is 0 Å². The number of nitrogens with zero attached hydrogens (tertiary/aromatic N) is 1. The van der Waals surface area contributed by atoms with E-state index in [4.69, 9.17) is 10.5 Å². The van der Waals surface area contributed by atoms with Crippen molar-refractivity contribution in [3.63, 3.8) is 0 Å². The van der Waals surface area contributed by atoms with Crippen LogP contribution >= 0.6 is 0 Å². The zero-order valence-corrected chi connectivity index (χ0v) is 17.6. The van der Waals surface area contributed by atoms with Crippen LogP contribution < -0.4 is 16.0 Å². The number of nitrogens with two attached hydrogens (primary N) is 1. The SMILES string of the molecule is CC1CC(C)CN(CCOc2ccc(-c3c(C(=O)O)c(N)[nH]c(=O)c3C(=O)O)cc2)C1. The van der Waals surface area contributed by atoms with E-state index in [1.165, 1.54) is 18.6 Å². The topological polar surface area (TPSA) is 146 Å². The fraction of sp³-hybridized carbons (Fsp3) is 0.409. The molecule has 166 valence electrons. The second kappa shape index (κ2) is 9.22. The largest absolute Gasteiger partial charge is 0.492 e. The van der Waals surface area contributed by atoms with Crippen molar-refractivity contribution < 1.29 is 24.5 Å². The Morgan fingerprint density at radius 1 is 1.10 bits per heavy atom. The number of aromatic amines is 1. The van der Waals surface area contributed by atoms with E-state index in [-0.39, 0.29) is 11.1 Å². The first-order valence-electron chi connectivity index (χ1n) is 10.1. The number of ether oxygens (including phenoxy) is 1. The number of piperidine rings is 1. The quantitative estimate of drug-likeness (QED) is 0.525. The van der Waals surface area contributed by atoms with Gasteiger partial charge in [-0.05, 0) is 36.0 Å². The van der Waals surface area contributed by atoms with E-state index in [9.17, 15) is 24.6 Å². The van der Waals surface area contributed by atoms with Crippen LogP contribution in [0.4, 0.5) is 5.82 Å². The molecular weight excluding hydrogens is 402 g/mol. The van der Waals surface area contributed by atoms with Crippen molar-refractivity contribution in [1.82, 2.24) is 9.88 Å². The summed E-state index contributed by atoms with van der Waals surface area (Å²) in [7, 11) is 0. The number of nitrogens with one attached hydrogen (secondary N) is 1. The molecule has 9 heteroatoms. The van der Waals surface area contributed by atoms with Crippen LogP contribution in [0, 0.1) is 11.8 Å². The Morgan fingerprint density at radius 3 is 2.23 bits per heavy atom. The molecule has 2 aromatic rings. The first-order valence-corrected chi connectivity index (χ1v) is 10.1. The highest BCUT2D eigenvalue weighted by Gasteiger charge is 2.26. The Kier molecular flexibility index (Phi) is 6.65. The summed E-state index contributed by atoms with van der Waals surface area (Å²) in [4.78, 5) is 39.9. The molecule has 3 rings (SSSR count). The number of hydrogen-bond donors (Lipinski definition) is 4. The smallest absolute Gasteiger partial charge is 0.342 e. The summed E-state index contributed by atoms with van der Waals surface area (Å²) in [6.07, 6.45) is 1.24. The van der Waals surface area contributed by atoms with Gasteiger partial charge in [0.2, 0.25) is 0 Å². The van der Waals surface area contributed by atoms with Gasteiger partial charge in [-0.2, -0.15) is 0 Å². The monoisotopic (exact) mass is 429 g/mol. The van der Waals surface area contributed by atoms with Crippen molar-refractivity contribution in [2.75, 3.05) is 32.0 Å². The number of rotatable bonds is 7. The first kappa shape index (κ1) is 22.4. The van der Waals surface area contributed by atoms with E-state index in [1.807, 2.05) is 0 Å². The fourth-order valence-electron chi connectivity index (χ4n) is 4.32. The molecule has 1 aliphatic rings. The van der Waals surface area contributed by atoms with Crippen LogP contribution in [-0.4, -0.2) is 58.3 Å². The highest BCUT2D eigenvalue weighted by molar-refractivity contribution is 6.07. The summed E-state index contributed by atoms with van der Waals surface area (Å²) >= 11 is 0. The van der Waals surface area contributed by atoms with Gasteiger partial charge in [0, 0.05) is 25.2 Å². The second-order valence-electron chi connectivity index (χ2n) is 8.18. The van der Waals surface area contributed by atoms with Gasteiger partial charge in [-0.25, -0.2) is 9.59 Å². The van der Waals surface area contributed by atoms with Crippen LogP contribution in [-0.2, 0) is 0 Å². The van der Waals surface area contributed by atoms with Crippen molar-refractivity contribution >= 4 is 17.8 Å². The number of carbonyl (C=O) groups is 2. The van der Waals surface area contributed by atoms with Crippen molar-refractivity contribution in [1.29, 1.82) is 0 Å². The Balaban J connectivity index is 1.79. The lowest BCUT2D eigenvalue weighted by atomic mass is 9.92. The molecule has 2 atom stereocenters. The summed E-state index contributed by atoms with van der Waals surface area (Å²) in [5, 5.41) is 19.0. The van der Waals surface area contributed by atoms with Gasteiger partial charge in [0.1, 0.15) is 29.3 Å². The number of hydrogen-bond acceptors (Lipinski definition) is 6. The lowest BCUT2D eigenvalue weighted by molar-refractivity contribution is 0.0695. The number of aromatic carboxylic acids is 2. The molecule has 0 radical (unpaired) electrons. The molecule has 1 aromatic heterocycles. The lowest BCUT2D eigenvalue weighted by Crippen LogP contribution is -2.40. The molecule has 9 nitrogen and oxygen atoms in total. The zero-order valence-electron chi connectivity index (χ0n) is 17.6. The minimum Gasteiger partial charge on any atom is -0.492 e. The maximum absolute atomic E-state index is 12.1. The number of nitrogen functional groups attached to an aromatic ring is 1. The van der Waals surface area contributed by atoms with Crippen LogP contribution in [0.2, 0.25) is 0 Å². The number of carboxylic acids is 2. The van der Waals surface area contributed by atoms with Gasteiger partial charge in [0.15, 0.2) is 0 Å². The van der Waals surface area contributed by atoms with Gasteiger partial charge in [-0.1, -0.05) is 26.0 Å². The van der Waals surface area contributed by atoms with Gasteiger partial charge in [0.25, 0.3) is 5.56 Å². The normalized spacial score (nSPS) is 19.2. The van der Waals surface area contributed by atoms with Crippen LogP contribution in [0.25, 0.3) is 11.1 Å². The maximum atomic E-state index is 12.1. The number of carboxylic acid groups (broad SMARTS) is 2. The fourth-order valence-corrected chi connectivity index (χ4v) is 4.32. The molecule has 2 unspecified atom stereocenters. The molecule has 1 saturated heterocycles. The molecule has 31 heavy (non-hydrogen) atoms. The van der Waals surface area contributed by atoms with Gasteiger partial charge < -0.3 is 25.7 Å². The van der Waals surface area contributed by atoms with Gasteiger partial charge in [-0.15, -0.1) is 0 Å². The molecule has 0 spiro atoms. The van der Waals surface area contributed by atoms with Crippen LogP contribution in [0.3, 0.4) is 0 Å². The van der Waals surface area contributed by atoms with Crippen molar-refractivity contribution in [2.24, 2.45) is 11.8 Å². The third kappa shape index (κ3) is 5.05. The van der Waals surface area contributed by atoms with Crippen LogP contribution in [0.1, 0.15) is 41.0 Å². The first-order chi connectivity index (χ1) is 14.7. The summed E-state index contributed by atoms with van der Waals surface area (Å²) < 4.78 is 5.81. The van der Waals surface area contributed by atoms with E-state index in [2.05, 4.69) is 23.7 Å². The maximum Gasteiger partial charge on any atom is 0.342 e. The van der Waals surface area contributed by atoms with Crippen molar-refractivity contribution in [3.05, 3.63) is 45.7 Å². The molecular formula is C22H27N3O6. The standard InChI is InChI=1S/C22H27N3O6/c1-12-9-13(2)11-25(10-12)7-8-31-15-5-3-14(4-6-15)16-17(21(27)28)19(23)24-20(26)18(16)22(29)30/h3-6,12-13H,7-11H2,1-2H3,(H,27,28)(H,29,30)(H3,23,24,26). The Morgan fingerprint density at radius 2 is 1.68 bits per heavy atom. The van der Waals surface area contributed by atoms with E-state index in [0.29, 0.717) is 24.2 Å². The van der Waals surface area contributed by atoms with Crippen LogP contribution in [0.15, 0.2) is 29.1 Å². The average molecular weight is 429 g/mol. The molecule has 1 aliphatic heterocycles. The lowest BCUT2D eigenvalue weighted by Gasteiger charge is -2.34. The molecule has 0 amide bonds. The predicted molar refractivity (Wildman–Crippen MR) is 116 cm³/mol. The Bertz CT molecular complexity index is 1020. The highest BCUT2D eigenvalue weighted by atomic mass is 16.5. The van der Waals surface area contributed by atoms with Gasteiger partial charge >= 0.3 is 11.9 Å². The summed E-state index contributed by atoms with van der Waals surface area (Å²) in [5.41, 5.74) is 3.58. The highest BCUT2D eigenvalue weighted by Crippen LogP contribution is 2.30. The van der Waals surface area contributed by atoms with Crippen molar-refractivity contribution in [2.45, 2.75) is 20.3 Å². The number of H-pyrrole nitrogens is 1. The number of anilines is 1. The molecule has 2 heterocycles. The number of aromatic nitrogens is 1. The second-order valence-corrected chi connectivity index (χ2v) is 8.18. The third-order valence-corrected chi connectivity index (χ3v) is 5.44. The van der Waals surface area contributed by atoms with E-state index >= 15 is 0 Å². The molecule has 0 saturated carbocycles. The number of likely N-dealkylation sites (tertiary alicyclic amines) is 1. The van der Waals surface area contributed by atoms with Gasteiger partial charge in [-0.3, -0.25) is 9.69 Å². The Hall–Kier alpha value is -3.33. The minimum absolute atomic E-state index is 0.232. The number of pyridine rings is 1. The molecule has 1 fully saturated rings. The zero-order chi connectivity index (χ0) is 22.7. The molecule has 1 aromatic carbocycles. The minimum atomic E-state index is -1.54. The molecule has 0 aliphatic carbocycles. The van der Waals surface area contributed by atoms with Crippen LogP contribution in [0.5, 0.6) is 5.75 Å². The number of benzene rings is 1. The summed E-state index contributed by atoms with van der Waals surface area (Å²) in [5.74, 6) is -1.48. The molecule has 0 bridgehead atoms. The van der Waals surface area contributed by atoms with E-state index < -0.39 is 34.4 Å². The third-order valence-electron chi connectivity index (χ3n) is 5.44. The van der Waals surface area contributed by atoms with E-state index in [0.717, 1.165) is 19.6 Å². The predicted octanol–water partition coefficient (Wildman–Crippen LogP) is 2.38.